The summed E-state index contributed by atoms with van der Waals surface area (Å²) in [6, 6.07) is 5.90. The molecule has 7 nitrogen and oxygen atoms in total. The maximum absolute atomic E-state index is 12.1. The largest absolute Gasteiger partial charge is 0.480 e. The molecule has 1 aromatic rings. The topological polar surface area (TPSA) is 108 Å². The van der Waals surface area contributed by atoms with Crippen LogP contribution in [-0.4, -0.2) is 34.6 Å². The highest BCUT2D eigenvalue weighted by Gasteiger charge is 2.32. The number of rotatable bonds is 6. The van der Waals surface area contributed by atoms with Gasteiger partial charge >= 0.3 is 12.0 Å². The third-order valence-electron chi connectivity index (χ3n) is 3.39. The molecule has 0 aliphatic rings. The van der Waals surface area contributed by atoms with Gasteiger partial charge in [-0.25, -0.2) is 9.59 Å². The predicted octanol–water partition coefficient (Wildman–Crippen LogP) is 2.20. The van der Waals surface area contributed by atoms with Gasteiger partial charge in [0.25, 0.3) is 5.91 Å². The van der Waals surface area contributed by atoms with Gasteiger partial charge in [0.1, 0.15) is 5.54 Å². The molecule has 3 amide bonds. The number of aliphatic carboxylic acids is 1. The monoisotopic (exact) mass is 321 g/mol. The minimum atomic E-state index is -1.31. The number of amides is 3. The van der Waals surface area contributed by atoms with Gasteiger partial charge in [-0.3, -0.25) is 4.79 Å². The molecule has 0 fully saturated rings. The molecule has 0 radical (unpaired) electrons. The molecule has 0 heterocycles. The van der Waals surface area contributed by atoms with Crippen molar-refractivity contribution in [2.45, 2.75) is 45.7 Å². The highest BCUT2D eigenvalue weighted by atomic mass is 16.4. The molecule has 0 bridgehead atoms. The molecule has 1 aromatic carbocycles. The summed E-state index contributed by atoms with van der Waals surface area (Å²) in [5, 5.41) is 17.0. The average molecular weight is 321 g/mol. The van der Waals surface area contributed by atoms with Gasteiger partial charge in [-0.2, -0.15) is 0 Å². The van der Waals surface area contributed by atoms with Crippen LogP contribution >= 0.6 is 0 Å². The van der Waals surface area contributed by atoms with Crippen LogP contribution in [0, 0.1) is 0 Å². The first-order chi connectivity index (χ1) is 10.7. The van der Waals surface area contributed by atoms with Gasteiger partial charge in [0.15, 0.2) is 0 Å². The Kier molecular flexibility index (Phi) is 6.12. The van der Waals surface area contributed by atoms with Crippen molar-refractivity contribution in [3.05, 3.63) is 29.8 Å². The summed E-state index contributed by atoms with van der Waals surface area (Å²) >= 11 is 0. The number of urea groups is 1. The molecular weight excluding hydrogens is 298 g/mol. The van der Waals surface area contributed by atoms with E-state index in [1.165, 1.54) is 19.1 Å². The first-order valence-corrected chi connectivity index (χ1v) is 7.41. The van der Waals surface area contributed by atoms with Crippen molar-refractivity contribution < 1.29 is 19.5 Å². The lowest BCUT2D eigenvalue weighted by Gasteiger charge is -2.24. The molecule has 0 aromatic heterocycles. The average Bonchev–Trinajstić information content (AvgIpc) is 2.46. The molecule has 23 heavy (non-hydrogen) atoms. The van der Waals surface area contributed by atoms with Crippen molar-refractivity contribution in [3.63, 3.8) is 0 Å². The molecule has 0 saturated carbocycles. The zero-order chi connectivity index (χ0) is 17.6. The Bertz CT molecular complexity index is 583. The molecule has 126 valence electrons. The Morgan fingerprint density at radius 3 is 2.17 bits per heavy atom. The standard InChI is InChI=1S/C16H23N3O4/c1-5-16(4,14(21)22)19-13(20)11-6-8-12(9-7-11)18-15(23)17-10(2)3/h6-10H,5H2,1-4H3,(H,19,20)(H,21,22)(H2,17,18,23). The number of carboxylic acid groups (broad SMARTS) is 1. The molecule has 0 saturated heterocycles. The van der Waals surface area contributed by atoms with E-state index in [0.717, 1.165) is 0 Å². The smallest absolute Gasteiger partial charge is 0.329 e. The van der Waals surface area contributed by atoms with Crippen LogP contribution in [0.15, 0.2) is 24.3 Å². The van der Waals surface area contributed by atoms with Crippen molar-refractivity contribution in [3.8, 4) is 0 Å². The molecular formula is C16H23N3O4. The zero-order valence-electron chi connectivity index (χ0n) is 13.8. The summed E-state index contributed by atoms with van der Waals surface area (Å²) in [6.07, 6.45) is 0.267. The Balaban J connectivity index is 2.74. The van der Waals surface area contributed by atoms with Gasteiger partial charge in [0.05, 0.1) is 0 Å². The lowest BCUT2D eigenvalue weighted by molar-refractivity contribution is -0.143. The Morgan fingerprint density at radius 1 is 1.17 bits per heavy atom. The van der Waals surface area contributed by atoms with E-state index in [1.54, 1.807) is 19.1 Å². The molecule has 1 rings (SSSR count). The highest BCUT2D eigenvalue weighted by molar-refractivity contribution is 5.98. The lowest BCUT2D eigenvalue weighted by Crippen LogP contribution is -2.51. The summed E-state index contributed by atoms with van der Waals surface area (Å²) in [5.74, 6) is -1.56. The minimum Gasteiger partial charge on any atom is -0.480 e. The van der Waals surface area contributed by atoms with E-state index in [0.29, 0.717) is 11.3 Å². The number of hydrogen-bond acceptors (Lipinski definition) is 3. The maximum Gasteiger partial charge on any atom is 0.329 e. The van der Waals surface area contributed by atoms with E-state index in [2.05, 4.69) is 16.0 Å². The molecule has 0 spiro atoms. The fourth-order valence-electron chi connectivity index (χ4n) is 1.75. The van der Waals surface area contributed by atoms with Gasteiger partial charge in [-0.15, -0.1) is 0 Å². The SMILES string of the molecule is CCC(C)(NC(=O)c1ccc(NC(=O)NC(C)C)cc1)C(=O)O. The third kappa shape index (κ3) is 5.28. The van der Waals surface area contributed by atoms with E-state index in [9.17, 15) is 19.5 Å². The van der Waals surface area contributed by atoms with E-state index in [4.69, 9.17) is 0 Å². The number of carbonyl (C=O) groups is 3. The summed E-state index contributed by atoms with van der Waals surface area (Å²) in [7, 11) is 0. The number of nitrogens with one attached hydrogen (secondary N) is 3. The van der Waals surface area contributed by atoms with Crippen LogP contribution in [0.1, 0.15) is 44.5 Å². The molecule has 0 aliphatic carbocycles. The van der Waals surface area contributed by atoms with Gasteiger partial charge < -0.3 is 21.1 Å². The van der Waals surface area contributed by atoms with Gasteiger partial charge in [-0.05, 0) is 51.5 Å². The predicted molar refractivity (Wildman–Crippen MR) is 87.5 cm³/mol. The quantitative estimate of drug-likeness (QED) is 0.644. The summed E-state index contributed by atoms with van der Waals surface area (Å²) < 4.78 is 0. The van der Waals surface area contributed by atoms with Crippen molar-refractivity contribution in [1.29, 1.82) is 0 Å². The highest BCUT2D eigenvalue weighted by Crippen LogP contribution is 2.13. The second-order valence-electron chi connectivity index (χ2n) is 5.78. The van der Waals surface area contributed by atoms with Crippen LogP contribution in [0.5, 0.6) is 0 Å². The normalized spacial score (nSPS) is 13.1. The van der Waals surface area contributed by atoms with E-state index < -0.39 is 17.4 Å². The third-order valence-corrected chi connectivity index (χ3v) is 3.39. The van der Waals surface area contributed by atoms with Crippen LogP contribution in [0.4, 0.5) is 10.5 Å². The molecule has 7 heteroatoms. The van der Waals surface area contributed by atoms with E-state index >= 15 is 0 Å². The summed E-state index contributed by atoms with van der Waals surface area (Å²) in [5.41, 5.74) is -0.456. The fourth-order valence-corrected chi connectivity index (χ4v) is 1.75. The zero-order valence-corrected chi connectivity index (χ0v) is 13.8. The van der Waals surface area contributed by atoms with Crippen LogP contribution in [0.3, 0.4) is 0 Å². The van der Waals surface area contributed by atoms with Crippen molar-refractivity contribution in [2.75, 3.05) is 5.32 Å². The Morgan fingerprint density at radius 2 is 1.74 bits per heavy atom. The van der Waals surface area contributed by atoms with Crippen molar-refractivity contribution >= 4 is 23.6 Å². The first-order valence-electron chi connectivity index (χ1n) is 7.41. The number of carbonyl (C=O) groups excluding carboxylic acids is 2. The van der Waals surface area contributed by atoms with Crippen LogP contribution in [0.25, 0.3) is 0 Å². The van der Waals surface area contributed by atoms with Crippen molar-refractivity contribution in [2.24, 2.45) is 0 Å². The van der Waals surface area contributed by atoms with E-state index in [1.807, 2.05) is 13.8 Å². The Hall–Kier alpha value is -2.57. The molecule has 0 aliphatic heterocycles. The second kappa shape index (κ2) is 7.62. The summed E-state index contributed by atoms with van der Waals surface area (Å²) in [6.45, 7) is 6.84. The second-order valence-corrected chi connectivity index (χ2v) is 5.78. The first kappa shape index (κ1) is 18.5. The number of hydrogen-bond donors (Lipinski definition) is 4. The van der Waals surface area contributed by atoms with Gasteiger partial charge in [-0.1, -0.05) is 6.92 Å². The summed E-state index contributed by atoms with van der Waals surface area (Å²) in [4.78, 5) is 34.9. The fraction of sp³-hybridized carbons (Fsp3) is 0.438. The van der Waals surface area contributed by atoms with Crippen LogP contribution in [0.2, 0.25) is 0 Å². The number of carboxylic acids is 1. The van der Waals surface area contributed by atoms with Crippen molar-refractivity contribution in [1.82, 2.24) is 10.6 Å². The van der Waals surface area contributed by atoms with E-state index in [-0.39, 0.29) is 18.5 Å². The Labute approximate surface area is 135 Å². The lowest BCUT2D eigenvalue weighted by atomic mass is 9.98. The van der Waals surface area contributed by atoms with Crippen LogP contribution < -0.4 is 16.0 Å². The van der Waals surface area contributed by atoms with Gasteiger partial charge in [0.2, 0.25) is 0 Å². The molecule has 4 N–H and O–H groups in total. The maximum atomic E-state index is 12.1. The van der Waals surface area contributed by atoms with Crippen LogP contribution in [-0.2, 0) is 4.79 Å². The number of anilines is 1. The van der Waals surface area contributed by atoms with Gasteiger partial charge in [0, 0.05) is 17.3 Å². The molecule has 1 atom stereocenters. The minimum absolute atomic E-state index is 0.0165. The molecule has 1 unspecified atom stereocenters. The number of benzene rings is 1.